The summed E-state index contributed by atoms with van der Waals surface area (Å²) < 4.78 is 5.62. The molecule has 33 heavy (non-hydrogen) atoms. The van der Waals surface area contributed by atoms with Crippen molar-refractivity contribution in [1.82, 2.24) is 15.1 Å². The van der Waals surface area contributed by atoms with Crippen molar-refractivity contribution in [2.75, 3.05) is 19.6 Å². The van der Waals surface area contributed by atoms with Gasteiger partial charge in [0.15, 0.2) is 0 Å². The number of piperidine rings is 1. The molecular weight excluding hydrogens is 418 g/mol. The monoisotopic (exact) mass is 459 g/mol. The number of aromatic hydroxyl groups is 1. The molecule has 184 valence electrons. The molecule has 2 aliphatic heterocycles. The summed E-state index contributed by atoms with van der Waals surface area (Å²) in [4.78, 5) is 30.5. The van der Waals surface area contributed by atoms with E-state index in [1.54, 1.807) is 12.1 Å². The Balaban J connectivity index is 1.78. The van der Waals surface area contributed by atoms with Crippen LogP contribution in [0.1, 0.15) is 65.5 Å². The van der Waals surface area contributed by atoms with Crippen LogP contribution >= 0.6 is 0 Å². The second kappa shape index (κ2) is 10.3. The molecule has 2 aliphatic rings. The second-order valence-corrected chi connectivity index (χ2v) is 11.1. The van der Waals surface area contributed by atoms with Gasteiger partial charge in [-0.1, -0.05) is 26.8 Å². The molecule has 2 heterocycles. The smallest absolute Gasteiger partial charge is 0.411 e. The van der Waals surface area contributed by atoms with Gasteiger partial charge in [-0.25, -0.2) is 4.79 Å². The van der Waals surface area contributed by atoms with Crippen LogP contribution in [-0.4, -0.2) is 64.2 Å². The van der Waals surface area contributed by atoms with E-state index >= 15 is 0 Å². The number of carbonyl (C=O) groups is 2. The van der Waals surface area contributed by atoms with E-state index in [1.165, 1.54) is 17.7 Å². The molecule has 1 aromatic carbocycles. The number of carbonyl (C=O) groups excluding carboxylic acids is 2. The Kier molecular flexibility index (Phi) is 7.93. The summed E-state index contributed by atoms with van der Waals surface area (Å²) in [5, 5.41) is 13.2. The number of hydrogen-bond donors (Lipinski definition) is 2. The van der Waals surface area contributed by atoms with Gasteiger partial charge in [-0.15, -0.1) is 0 Å². The molecule has 0 aliphatic carbocycles. The van der Waals surface area contributed by atoms with Crippen molar-refractivity contribution in [2.24, 2.45) is 11.8 Å². The van der Waals surface area contributed by atoms with Crippen LogP contribution in [0.3, 0.4) is 0 Å². The summed E-state index contributed by atoms with van der Waals surface area (Å²) in [7, 11) is 0. The van der Waals surface area contributed by atoms with Gasteiger partial charge in [0.25, 0.3) is 0 Å². The molecule has 0 aromatic heterocycles. The van der Waals surface area contributed by atoms with Crippen LogP contribution in [0, 0.1) is 11.8 Å². The number of amides is 2. The first-order valence-electron chi connectivity index (χ1n) is 12.3. The first-order chi connectivity index (χ1) is 15.4. The molecule has 0 saturated carbocycles. The summed E-state index contributed by atoms with van der Waals surface area (Å²) in [6.07, 6.45) is 2.34. The lowest BCUT2D eigenvalue weighted by atomic mass is 9.92. The zero-order chi connectivity index (χ0) is 24.3. The van der Waals surface area contributed by atoms with Gasteiger partial charge in [-0.2, -0.15) is 0 Å². The van der Waals surface area contributed by atoms with Gasteiger partial charge < -0.3 is 20.1 Å². The predicted octanol–water partition coefficient (Wildman–Crippen LogP) is 3.93. The highest BCUT2D eigenvalue weighted by Gasteiger charge is 2.38. The van der Waals surface area contributed by atoms with Crippen molar-refractivity contribution in [2.45, 2.75) is 85.0 Å². The molecule has 0 spiro atoms. The number of benzene rings is 1. The Morgan fingerprint density at radius 2 is 1.97 bits per heavy atom. The van der Waals surface area contributed by atoms with E-state index in [2.05, 4.69) is 31.0 Å². The third-order valence-corrected chi connectivity index (χ3v) is 6.58. The van der Waals surface area contributed by atoms with E-state index in [-0.39, 0.29) is 30.2 Å². The molecular formula is C26H41N3O4. The van der Waals surface area contributed by atoms with Gasteiger partial charge in [0, 0.05) is 25.6 Å². The van der Waals surface area contributed by atoms with E-state index < -0.39 is 17.7 Å². The maximum atomic E-state index is 13.5. The molecule has 7 heteroatoms. The minimum absolute atomic E-state index is 0.00417. The van der Waals surface area contributed by atoms with Gasteiger partial charge in [0.05, 0.1) is 6.54 Å². The summed E-state index contributed by atoms with van der Waals surface area (Å²) in [6.45, 7) is 15.2. The Hall–Kier alpha value is -2.28. The molecule has 1 fully saturated rings. The van der Waals surface area contributed by atoms with Gasteiger partial charge in [-0.3, -0.25) is 9.69 Å². The van der Waals surface area contributed by atoms with Crippen LogP contribution < -0.4 is 5.32 Å². The van der Waals surface area contributed by atoms with Gasteiger partial charge in [0.2, 0.25) is 5.91 Å². The third-order valence-electron chi connectivity index (χ3n) is 6.58. The maximum Gasteiger partial charge on any atom is 0.411 e. The predicted molar refractivity (Wildman–Crippen MR) is 129 cm³/mol. The summed E-state index contributed by atoms with van der Waals surface area (Å²) in [5.74, 6) is 0.949. The minimum atomic E-state index is -0.664. The number of fused-ring (bicyclic) bond motifs is 1. The average Bonchev–Trinajstić information content (AvgIpc) is 2.70. The van der Waals surface area contributed by atoms with Crippen molar-refractivity contribution in [3.8, 4) is 5.75 Å². The lowest BCUT2D eigenvalue weighted by molar-refractivity contribution is -0.128. The second-order valence-electron chi connectivity index (χ2n) is 11.1. The molecule has 1 aromatic rings. The van der Waals surface area contributed by atoms with Crippen molar-refractivity contribution in [3.05, 3.63) is 29.3 Å². The van der Waals surface area contributed by atoms with Crippen molar-refractivity contribution in [1.29, 1.82) is 0 Å². The molecule has 1 saturated heterocycles. The van der Waals surface area contributed by atoms with E-state index in [4.69, 9.17) is 4.74 Å². The molecule has 2 amide bonds. The molecule has 7 nitrogen and oxygen atoms in total. The molecule has 3 atom stereocenters. The summed E-state index contributed by atoms with van der Waals surface area (Å²) in [6, 6.07) is 4.48. The lowest BCUT2D eigenvalue weighted by Crippen LogP contribution is -2.57. The van der Waals surface area contributed by atoms with Crippen LogP contribution in [0.2, 0.25) is 0 Å². The lowest BCUT2D eigenvalue weighted by Gasteiger charge is -2.39. The number of hydrogen-bond acceptors (Lipinski definition) is 5. The van der Waals surface area contributed by atoms with Crippen LogP contribution in [-0.2, 0) is 22.5 Å². The van der Waals surface area contributed by atoms with Crippen molar-refractivity contribution < 1.29 is 19.4 Å². The number of nitrogens with zero attached hydrogens (tertiary/aromatic N) is 2. The topological polar surface area (TPSA) is 82.1 Å². The Bertz CT molecular complexity index is 848. The number of likely N-dealkylation sites (tertiary alicyclic amines) is 1. The quantitative estimate of drug-likeness (QED) is 0.697. The fourth-order valence-corrected chi connectivity index (χ4v) is 4.75. The fraction of sp³-hybridized carbons (Fsp3) is 0.692. The van der Waals surface area contributed by atoms with Crippen molar-refractivity contribution in [3.63, 3.8) is 0 Å². The average molecular weight is 460 g/mol. The fourth-order valence-electron chi connectivity index (χ4n) is 4.75. The first kappa shape index (κ1) is 25.3. The van der Waals surface area contributed by atoms with Gasteiger partial charge in [-0.05, 0) is 75.3 Å². The molecule has 1 unspecified atom stereocenters. The van der Waals surface area contributed by atoms with Gasteiger partial charge in [0.1, 0.15) is 17.4 Å². The Labute approximate surface area is 198 Å². The SMILES string of the molecule is CC1CCCN(C[C@@H](NC(=O)[C@H]2Cc3ccc(O)cc3CN2C(=O)OC(C)(C)C)C(C)C)C1. The molecule has 3 rings (SSSR count). The van der Waals surface area contributed by atoms with Crippen LogP contribution in [0.4, 0.5) is 4.79 Å². The molecule has 0 bridgehead atoms. The number of rotatable bonds is 5. The number of nitrogens with one attached hydrogen (secondary N) is 1. The Morgan fingerprint density at radius 1 is 1.24 bits per heavy atom. The van der Waals surface area contributed by atoms with E-state index in [0.29, 0.717) is 12.3 Å². The van der Waals surface area contributed by atoms with E-state index in [1.807, 2.05) is 26.8 Å². The normalized spacial score (nSPS) is 22.6. The standard InChI is InChI=1S/C26H41N3O4/c1-17(2)22(16-28-11-7-8-18(3)14-28)27-24(31)23-13-19-9-10-21(30)12-20(19)15-29(23)25(32)33-26(4,5)6/h9-10,12,17-18,22-23,30H,7-8,11,13-16H2,1-6H3,(H,27,31)/t18?,22-,23-/m1/s1. The number of ether oxygens (including phenoxy) is 1. The maximum absolute atomic E-state index is 13.5. The highest BCUT2D eigenvalue weighted by atomic mass is 16.6. The minimum Gasteiger partial charge on any atom is -0.508 e. The van der Waals surface area contributed by atoms with Crippen LogP contribution in [0.5, 0.6) is 5.75 Å². The van der Waals surface area contributed by atoms with E-state index in [0.717, 1.165) is 30.8 Å². The highest BCUT2D eigenvalue weighted by molar-refractivity contribution is 5.87. The first-order valence-corrected chi connectivity index (χ1v) is 12.3. The Morgan fingerprint density at radius 3 is 2.61 bits per heavy atom. The highest BCUT2D eigenvalue weighted by Crippen LogP contribution is 2.28. The number of phenols is 1. The summed E-state index contributed by atoms with van der Waals surface area (Å²) in [5.41, 5.74) is 1.15. The largest absolute Gasteiger partial charge is 0.508 e. The zero-order valence-electron chi connectivity index (χ0n) is 21.1. The number of phenolic OH excluding ortho intramolecular Hbond substituents is 1. The van der Waals surface area contributed by atoms with E-state index in [9.17, 15) is 14.7 Å². The van der Waals surface area contributed by atoms with Crippen molar-refractivity contribution >= 4 is 12.0 Å². The van der Waals surface area contributed by atoms with Crippen LogP contribution in [0.15, 0.2) is 18.2 Å². The summed E-state index contributed by atoms with van der Waals surface area (Å²) >= 11 is 0. The van der Waals surface area contributed by atoms with Gasteiger partial charge >= 0.3 is 6.09 Å². The zero-order valence-corrected chi connectivity index (χ0v) is 21.1. The molecule has 2 N–H and O–H groups in total. The third kappa shape index (κ3) is 6.85. The van der Waals surface area contributed by atoms with Crippen LogP contribution in [0.25, 0.3) is 0 Å². The molecule has 0 radical (unpaired) electrons.